The van der Waals surface area contributed by atoms with Crippen molar-refractivity contribution in [2.45, 2.75) is 38.3 Å². The average Bonchev–Trinajstić information content (AvgIpc) is 2.28. The van der Waals surface area contributed by atoms with Gasteiger partial charge < -0.3 is 5.73 Å². The van der Waals surface area contributed by atoms with Gasteiger partial charge >= 0.3 is 6.18 Å². The molecule has 17 heavy (non-hydrogen) atoms. The molecule has 0 aliphatic carbocycles. The summed E-state index contributed by atoms with van der Waals surface area (Å²) in [6, 6.07) is 5.42. The Morgan fingerprint density at radius 3 is 2.00 bits per heavy atom. The number of halogens is 3. The Balaban J connectivity index is 2.36. The number of benzene rings is 1. The van der Waals surface area contributed by atoms with Gasteiger partial charge in [0.25, 0.3) is 0 Å². The number of hydrogen-bond acceptors (Lipinski definition) is 1. The Morgan fingerprint density at radius 2 is 1.47 bits per heavy atom. The highest BCUT2D eigenvalue weighted by molar-refractivity contribution is 5.24. The second-order valence-electron chi connectivity index (χ2n) is 4.15. The maximum absolute atomic E-state index is 12.3. The molecule has 0 radical (unpaired) electrons. The van der Waals surface area contributed by atoms with E-state index in [-0.39, 0.29) is 0 Å². The van der Waals surface area contributed by atoms with Gasteiger partial charge in [0.1, 0.15) is 0 Å². The molecule has 0 saturated heterocycles. The summed E-state index contributed by atoms with van der Waals surface area (Å²) in [5.41, 5.74) is 5.76. The van der Waals surface area contributed by atoms with E-state index in [1.807, 2.05) is 0 Å². The average molecular weight is 245 g/mol. The summed E-state index contributed by atoms with van der Waals surface area (Å²) in [6.07, 6.45) is 0.802. The normalized spacial score (nSPS) is 11.8. The van der Waals surface area contributed by atoms with Crippen molar-refractivity contribution in [1.82, 2.24) is 0 Å². The second-order valence-corrected chi connectivity index (χ2v) is 4.15. The van der Waals surface area contributed by atoms with Gasteiger partial charge in [-0.15, -0.1) is 0 Å². The quantitative estimate of drug-likeness (QED) is 0.758. The lowest BCUT2D eigenvalue weighted by atomic mass is 10.0. The Bertz CT molecular complexity index is 316. The topological polar surface area (TPSA) is 26.0 Å². The molecule has 0 heterocycles. The first-order valence-electron chi connectivity index (χ1n) is 5.90. The highest BCUT2D eigenvalue weighted by atomic mass is 19.4. The molecule has 2 N–H and O–H groups in total. The molecule has 0 aliphatic rings. The zero-order chi connectivity index (χ0) is 12.7. The molecular weight excluding hydrogens is 227 g/mol. The van der Waals surface area contributed by atoms with E-state index < -0.39 is 11.7 Å². The van der Waals surface area contributed by atoms with Crippen molar-refractivity contribution in [3.05, 3.63) is 35.4 Å². The Morgan fingerprint density at radius 1 is 0.882 bits per heavy atom. The molecule has 0 atom stereocenters. The molecule has 0 saturated carbocycles. The molecule has 0 aromatic heterocycles. The summed E-state index contributed by atoms with van der Waals surface area (Å²) >= 11 is 0. The van der Waals surface area contributed by atoms with Gasteiger partial charge in [-0.3, -0.25) is 0 Å². The van der Waals surface area contributed by atoms with E-state index in [1.54, 1.807) is 12.1 Å². The zero-order valence-electron chi connectivity index (χ0n) is 9.76. The fourth-order valence-corrected chi connectivity index (χ4v) is 1.69. The summed E-state index contributed by atoms with van der Waals surface area (Å²) in [5, 5.41) is 0. The molecule has 0 unspecified atom stereocenters. The first-order chi connectivity index (χ1) is 8.04. The monoisotopic (exact) mass is 245 g/mol. The molecule has 1 rings (SSSR count). The van der Waals surface area contributed by atoms with E-state index in [9.17, 15) is 13.2 Å². The van der Waals surface area contributed by atoms with Crippen LogP contribution in [0.3, 0.4) is 0 Å². The Hall–Kier alpha value is -1.03. The lowest BCUT2D eigenvalue weighted by Gasteiger charge is -2.07. The molecule has 0 aliphatic heterocycles. The summed E-state index contributed by atoms with van der Waals surface area (Å²) in [6.45, 7) is 0.709. The van der Waals surface area contributed by atoms with Gasteiger partial charge in [-0.05, 0) is 43.5 Å². The number of aryl methyl sites for hydroxylation is 1. The van der Waals surface area contributed by atoms with Crippen LogP contribution in [0.4, 0.5) is 13.2 Å². The molecule has 96 valence electrons. The van der Waals surface area contributed by atoms with Gasteiger partial charge in [0.2, 0.25) is 0 Å². The number of unbranched alkanes of at least 4 members (excludes halogenated alkanes) is 3. The van der Waals surface area contributed by atoms with Crippen LogP contribution in [0, 0.1) is 0 Å². The fraction of sp³-hybridized carbons (Fsp3) is 0.538. The number of alkyl halides is 3. The van der Waals surface area contributed by atoms with Gasteiger partial charge in [0, 0.05) is 0 Å². The Kier molecular flexibility index (Phi) is 5.48. The molecule has 1 aromatic rings. The van der Waals surface area contributed by atoms with E-state index in [4.69, 9.17) is 5.73 Å². The molecule has 1 aromatic carbocycles. The minimum atomic E-state index is -4.24. The number of rotatable bonds is 6. The van der Waals surface area contributed by atoms with Crippen molar-refractivity contribution < 1.29 is 13.2 Å². The molecule has 4 heteroatoms. The van der Waals surface area contributed by atoms with Crippen LogP contribution in [-0.2, 0) is 12.6 Å². The molecular formula is C13H18F3N. The largest absolute Gasteiger partial charge is 0.416 e. The van der Waals surface area contributed by atoms with E-state index in [0.29, 0.717) is 6.54 Å². The molecule has 0 amide bonds. The maximum atomic E-state index is 12.3. The first kappa shape index (κ1) is 14.0. The van der Waals surface area contributed by atoms with E-state index in [2.05, 4.69) is 0 Å². The second kappa shape index (κ2) is 6.64. The zero-order valence-corrected chi connectivity index (χ0v) is 9.76. The van der Waals surface area contributed by atoms with Crippen LogP contribution in [0.1, 0.15) is 36.8 Å². The lowest BCUT2D eigenvalue weighted by molar-refractivity contribution is -0.137. The van der Waals surface area contributed by atoms with Crippen LogP contribution in [0.2, 0.25) is 0 Å². The third-order valence-electron chi connectivity index (χ3n) is 2.70. The van der Waals surface area contributed by atoms with E-state index >= 15 is 0 Å². The van der Waals surface area contributed by atoms with Crippen molar-refractivity contribution in [3.63, 3.8) is 0 Å². The van der Waals surface area contributed by atoms with Crippen LogP contribution in [0.15, 0.2) is 24.3 Å². The predicted molar refractivity (Wildman–Crippen MR) is 62.7 cm³/mol. The molecule has 0 spiro atoms. The van der Waals surface area contributed by atoms with Crippen molar-refractivity contribution in [1.29, 1.82) is 0 Å². The molecule has 0 bridgehead atoms. The maximum Gasteiger partial charge on any atom is 0.416 e. The molecule has 0 fully saturated rings. The number of nitrogens with two attached hydrogens (primary N) is 1. The number of hydrogen-bond donors (Lipinski definition) is 1. The fourth-order valence-electron chi connectivity index (χ4n) is 1.69. The van der Waals surface area contributed by atoms with Gasteiger partial charge in [-0.25, -0.2) is 0 Å². The summed E-state index contributed by atoms with van der Waals surface area (Å²) in [7, 11) is 0. The first-order valence-corrected chi connectivity index (χ1v) is 5.90. The summed E-state index contributed by atoms with van der Waals surface area (Å²) < 4.78 is 36.9. The van der Waals surface area contributed by atoms with E-state index in [0.717, 1.165) is 49.8 Å². The van der Waals surface area contributed by atoms with E-state index in [1.165, 1.54) is 0 Å². The Labute approximate surface area is 99.8 Å². The standard InChI is InChI=1S/C13H18F3N/c14-13(15,16)12-8-6-11(7-9-12)5-3-1-2-4-10-17/h6-9H,1-5,10,17H2. The van der Waals surface area contributed by atoms with Crippen LogP contribution in [0.25, 0.3) is 0 Å². The smallest absolute Gasteiger partial charge is 0.330 e. The molecule has 1 nitrogen and oxygen atoms in total. The lowest BCUT2D eigenvalue weighted by Crippen LogP contribution is -2.04. The van der Waals surface area contributed by atoms with Gasteiger partial charge in [0.05, 0.1) is 5.56 Å². The summed E-state index contributed by atoms with van der Waals surface area (Å²) in [4.78, 5) is 0. The van der Waals surface area contributed by atoms with Gasteiger partial charge in [-0.2, -0.15) is 13.2 Å². The van der Waals surface area contributed by atoms with Crippen molar-refractivity contribution in [2.24, 2.45) is 5.73 Å². The minimum absolute atomic E-state index is 0.579. The summed E-state index contributed by atoms with van der Waals surface area (Å²) in [5.74, 6) is 0. The van der Waals surface area contributed by atoms with Gasteiger partial charge in [-0.1, -0.05) is 25.0 Å². The van der Waals surface area contributed by atoms with Crippen LogP contribution >= 0.6 is 0 Å². The predicted octanol–water partition coefficient (Wildman–Crippen LogP) is 3.77. The van der Waals surface area contributed by atoms with Crippen LogP contribution in [-0.4, -0.2) is 6.54 Å². The third kappa shape index (κ3) is 5.22. The van der Waals surface area contributed by atoms with Gasteiger partial charge in [0.15, 0.2) is 0 Å². The van der Waals surface area contributed by atoms with Crippen molar-refractivity contribution >= 4 is 0 Å². The van der Waals surface area contributed by atoms with Crippen LogP contribution < -0.4 is 5.73 Å². The minimum Gasteiger partial charge on any atom is -0.330 e. The highest BCUT2D eigenvalue weighted by Crippen LogP contribution is 2.29. The van der Waals surface area contributed by atoms with Crippen molar-refractivity contribution in [2.75, 3.05) is 6.54 Å². The SMILES string of the molecule is NCCCCCCc1ccc(C(F)(F)F)cc1. The van der Waals surface area contributed by atoms with Crippen LogP contribution in [0.5, 0.6) is 0 Å². The highest BCUT2D eigenvalue weighted by Gasteiger charge is 2.29. The third-order valence-corrected chi connectivity index (χ3v) is 2.70. The van der Waals surface area contributed by atoms with Crippen molar-refractivity contribution in [3.8, 4) is 0 Å².